The second-order valence-corrected chi connectivity index (χ2v) is 9.45. The molecule has 0 unspecified atom stereocenters. The molecule has 2 N–H and O–H groups in total. The van der Waals surface area contributed by atoms with Crippen molar-refractivity contribution in [2.75, 3.05) is 0 Å². The van der Waals surface area contributed by atoms with Crippen molar-refractivity contribution in [2.45, 2.75) is 50.6 Å². The molecule has 0 spiro atoms. The topological polar surface area (TPSA) is 75.3 Å². The highest BCUT2D eigenvalue weighted by molar-refractivity contribution is 7.89. The molecule has 0 bridgehead atoms. The summed E-state index contributed by atoms with van der Waals surface area (Å²) >= 11 is 0. The fourth-order valence-corrected chi connectivity index (χ4v) is 4.71. The second-order valence-electron chi connectivity index (χ2n) is 7.68. The first-order chi connectivity index (χ1) is 13.4. The molecular weight excluding hydrogens is 372 g/mol. The third-order valence-corrected chi connectivity index (χ3v) is 7.18. The monoisotopic (exact) mass is 400 g/mol. The van der Waals surface area contributed by atoms with E-state index in [0.29, 0.717) is 17.4 Å². The number of sulfonamides is 1. The number of benzene rings is 2. The molecule has 1 saturated carbocycles. The van der Waals surface area contributed by atoms with Crippen LogP contribution in [0.1, 0.15) is 49.0 Å². The molecular formula is C22H28N2O3S. The first-order valence-electron chi connectivity index (χ1n) is 9.81. The minimum atomic E-state index is -3.54. The molecule has 28 heavy (non-hydrogen) atoms. The number of carbonyl (C=O) groups excluding carboxylic acids is 1. The van der Waals surface area contributed by atoms with Gasteiger partial charge in [0, 0.05) is 18.2 Å². The fourth-order valence-electron chi connectivity index (χ4n) is 3.67. The molecule has 1 amide bonds. The van der Waals surface area contributed by atoms with Crippen LogP contribution in [-0.4, -0.2) is 20.4 Å². The maximum Gasteiger partial charge on any atom is 0.251 e. The van der Waals surface area contributed by atoms with Crippen molar-refractivity contribution in [3.05, 3.63) is 65.7 Å². The summed E-state index contributed by atoms with van der Waals surface area (Å²) in [7, 11) is -3.54. The lowest BCUT2D eigenvalue weighted by Gasteiger charge is -2.34. The van der Waals surface area contributed by atoms with E-state index >= 15 is 0 Å². The van der Waals surface area contributed by atoms with Gasteiger partial charge in [0.25, 0.3) is 5.91 Å². The average molecular weight is 401 g/mol. The van der Waals surface area contributed by atoms with Gasteiger partial charge in [-0.25, -0.2) is 13.1 Å². The number of hydrogen-bond donors (Lipinski definition) is 2. The minimum absolute atomic E-state index is 0.0673. The van der Waals surface area contributed by atoms with Gasteiger partial charge in [0.15, 0.2) is 0 Å². The number of amides is 1. The average Bonchev–Trinajstić information content (AvgIpc) is 2.71. The van der Waals surface area contributed by atoms with Gasteiger partial charge < -0.3 is 5.32 Å². The summed E-state index contributed by atoms with van der Waals surface area (Å²) in [4.78, 5) is 12.8. The molecule has 6 heteroatoms. The number of carbonyl (C=O) groups is 1. The Balaban J connectivity index is 1.58. The number of hydrogen-bond acceptors (Lipinski definition) is 3. The summed E-state index contributed by atoms with van der Waals surface area (Å²) in [5.74, 6) is 1.03. The molecule has 0 aromatic heterocycles. The van der Waals surface area contributed by atoms with Gasteiger partial charge in [-0.05, 0) is 48.1 Å². The highest BCUT2D eigenvalue weighted by Gasteiger charge is 2.28. The van der Waals surface area contributed by atoms with Crippen molar-refractivity contribution in [1.29, 1.82) is 0 Å². The lowest BCUT2D eigenvalue weighted by Crippen LogP contribution is -2.43. The van der Waals surface area contributed by atoms with E-state index in [4.69, 9.17) is 0 Å². The van der Waals surface area contributed by atoms with E-state index < -0.39 is 10.0 Å². The Morgan fingerprint density at radius 2 is 1.68 bits per heavy atom. The lowest BCUT2D eigenvalue weighted by molar-refractivity contribution is 0.0891. The quantitative estimate of drug-likeness (QED) is 0.776. The fraction of sp³-hybridized carbons (Fsp3) is 0.409. The Morgan fingerprint density at radius 3 is 2.36 bits per heavy atom. The van der Waals surface area contributed by atoms with E-state index in [9.17, 15) is 13.2 Å². The second kappa shape index (κ2) is 8.88. The maximum atomic E-state index is 12.6. The predicted molar refractivity (Wildman–Crippen MR) is 110 cm³/mol. The van der Waals surface area contributed by atoms with Crippen LogP contribution in [-0.2, 0) is 16.6 Å². The Labute approximate surface area is 167 Å². The molecule has 3 atom stereocenters. The van der Waals surface area contributed by atoms with E-state index in [0.717, 1.165) is 18.4 Å². The van der Waals surface area contributed by atoms with Crippen LogP contribution in [0.5, 0.6) is 0 Å². The third kappa shape index (κ3) is 5.00. The first-order valence-corrected chi connectivity index (χ1v) is 11.3. The zero-order valence-electron chi connectivity index (χ0n) is 16.4. The van der Waals surface area contributed by atoms with Gasteiger partial charge in [-0.1, -0.05) is 57.0 Å². The van der Waals surface area contributed by atoms with Crippen molar-refractivity contribution in [1.82, 2.24) is 10.0 Å². The molecule has 0 aliphatic heterocycles. The highest BCUT2D eigenvalue weighted by Crippen LogP contribution is 2.29. The summed E-state index contributed by atoms with van der Waals surface area (Å²) in [5.41, 5.74) is 1.40. The summed E-state index contributed by atoms with van der Waals surface area (Å²) in [6.07, 6.45) is 3.40. The minimum Gasteiger partial charge on any atom is -0.349 e. The molecule has 0 saturated heterocycles. The van der Waals surface area contributed by atoms with Crippen molar-refractivity contribution in [3.8, 4) is 0 Å². The molecule has 3 rings (SSSR count). The summed E-state index contributed by atoms with van der Waals surface area (Å²) in [6.45, 7) is 4.63. The van der Waals surface area contributed by atoms with Gasteiger partial charge in [0.2, 0.25) is 10.0 Å². The zero-order valence-corrected chi connectivity index (χ0v) is 17.2. The maximum absolute atomic E-state index is 12.6. The Kier molecular flexibility index (Phi) is 6.52. The Bertz CT molecular complexity index is 895. The van der Waals surface area contributed by atoms with Gasteiger partial charge >= 0.3 is 0 Å². The normalized spacial score (nSPS) is 22.6. The lowest BCUT2D eigenvalue weighted by atomic mass is 9.78. The van der Waals surface area contributed by atoms with Gasteiger partial charge in [-0.15, -0.1) is 0 Å². The Hall–Kier alpha value is -2.18. The van der Waals surface area contributed by atoms with E-state index in [1.807, 2.05) is 0 Å². The molecule has 1 aliphatic rings. The molecule has 0 heterocycles. The standard InChI is InChI=1S/C22H28N2O3S/c1-16-7-6-10-21(17(16)2)24-22(25)19-13-11-18(12-14-19)15-23-28(26,27)20-8-4-3-5-9-20/h3-5,8-9,11-14,16-17,21,23H,6-7,10,15H2,1-2H3,(H,24,25)/t16-,17-,21-/m1/s1. The van der Waals surface area contributed by atoms with E-state index in [1.54, 1.807) is 54.6 Å². The molecule has 1 aliphatic carbocycles. The van der Waals surface area contributed by atoms with Crippen LogP contribution < -0.4 is 10.0 Å². The van der Waals surface area contributed by atoms with Crippen LogP contribution in [0, 0.1) is 11.8 Å². The molecule has 150 valence electrons. The van der Waals surface area contributed by atoms with E-state index in [2.05, 4.69) is 23.9 Å². The van der Waals surface area contributed by atoms with E-state index in [-0.39, 0.29) is 23.4 Å². The Morgan fingerprint density at radius 1 is 1.00 bits per heavy atom. The molecule has 5 nitrogen and oxygen atoms in total. The predicted octanol–water partition coefficient (Wildman–Crippen LogP) is 3.72. The van der Waals surface area contributed by atoms with Crippen molar-refractivity contribution >= 4 is 15.9 Å². The largest absolute Gasteiger partial charge is 0.349 e. The van der Waals surface area contributed by atoms with Crippen LogP contribution in [0.25, 0.3) is 0 Å². The zero-order chi connectivity index (χ0) is 20.1. The summed E-state index contributed by atoms with van der Waals surface area (Å²) < 4.78 is 27.2. The third-order valence-electron chi connectivity index (χ3n) is 5.76. The van der Waals surface area contributed by atoms with E-state index in [1.165, 1.54) is 6.42 Å². The van der Waals surface area contributed by atoms with Gasteiger partial charge in [0.05, 0.1) is 4.90 Å². The van der Waals surface area contributed by atoms with Gasteiger partial charge in [-0.2, -0.15) is 0 Å². The molecule has 1 fully saturated rings. The first kappa shape index (κ1) is 20.6. The summed E-state index contributed by atoms with van der Waals surface area (Å²) in [5, 5.41) is 3.16. The van der Waals surface area contributed by atoms with Crippen molar-refractivity contribution < 1.29 is 13.2 Å². The summed E-state index contributed by atoms with van der Waals surface area (Å²) in [6, 6.07) is 15.6. The smallest absolute Gasteiger partial charge is 0.251 e. The van der Waals surface area contributed by atoms with Crippen LogP contribution >= 0.6 is 0 Å². The molecule has 2 aromatic carbocycles. The highest BCUT2D eigenvalue weighted by atomic mass is 32.2. The SMILES string of the molecule is C[C@@H]1[C@H](C)CCC[C@H]1NC(=O)c1ccc(CNS(=O)(=O)c2ccccc2)cc1. The van der Waals surface area contributed by atoms with Crippen molar-refractivity contribution in [2.24, 2.45) is 11.8 Å². The van der Waals surface area contributed by atoms with Crippen LogP contribution in [0.15, 0.2) is 59.5 Å². The van der Waals surface area contributed by atoms with Crippen LogP contribution in [0.2, 0.25) is 0 Å². The molecule has 0 radical (unpaired) electrons. The number of rotatable bonds is 6. The van der Waals surface area contributed by atoms with Gasteiger partial charge in [0.1, 0.15) is 0 Å². The number of nitrogens with one attached hydrogen (secondary N) is 2. The van der Waals surface area contributed by atoms with Gasteiger partial charge in [-0.3, -0.25) is 4.79 Å². The van der Waals surface area contributed by atoms with Crippen molar-refractivity contribution in [3.63, 3.8) is 0 Å². The van der Waals surface area contributed by atoms with Crippen LogP contribution in [0.3, 0.4) is 0 Å². The van der Waals surface area contributed by atoms with Crippen LogP contribution in [0.4, 0.5) is 0 Å². The molecule has 2 aromatic rings.